The highest BCUT2D eigenvalue weighted by molar-refractivity contribution is 8.00. The van der Waals surface area contributed by atoms with E-state index in [-0.39, 0.29) is 11.8 Å². The zero-order chi connectivity index (χ0) is 13.9. The maximum atomic E-state index is 12.3. The second kappa shape index (κ2) is 6.25. The lowest BCUT2D eigenvalue weighted by atomic mass is 9.99. The molecule has 0 bridgehead atoms. The molecule has 0 aromatic heterocycles. The summed E-state index contributed by atoms with van der Waals surface area (Å²) in [5, 5.41) is -0.723. The third-order valence-corrected chi connectivity index (χ3v) is 6.05. The number of carbonyl (C=O) groups excluding carboxylic acids is 1. The quantitative estimate of drug-likeness (QED) is 0.807. The van der Waals surface area contributed by atoms with E-state index in [0.29, 0.717) is 12.3 Å². The largest absolute Gasteiger partial charge is 0.323 e. The molecule has 106 valence electrons. The molecule has 1 saturated heterocycles. The Labute approximate surface area is 113 Å². The van der Waals surface area contributed by atoms with Gasteiger partial charge in [-0.1, -0.05) is 20.3 Å². The topological polar surface area (TPSA) is 80.5 Å². The van der Waals surface area contributed by atoms with E-state index >= 15 is 0 Å². The standard InChI is InChI=1S/C11H22N2O3S2/c1-4-8(2)10(12)11(14)13-5-6-17-7-9(13)18(3,15)16/h8-10H,4-7,12H2,1-3H3/t8?,9?,10-/m0/s1. The summed E-state index contributed by atoms with van der Waals surface area (Å²) < 4.78 is 23.4. The highest BCUT2D eigenvalue weighted by Gasteiger charge is 2.37. The lowest BCUT2D eigenvalue weighted by molar-refractivity contribution is -0.134. The average molecular weight is 294 g/mol. The van der Waals surface area contributed by atoms with Gasteiger partial charge in [-0.2, -0.15) is 11.8 Å². The van der Waals surface area contributed by atoms with Gasteiger partial charge in [0.2, 0.25) is 5.91 Å². The summed E-state index contributed by atoms with van der Waals surface area (Å²) in [4.78, 5) is 13.7. The number of hydrogen-bond acceptors (Lipinski definition) is 5. The van der Waals surface area contributed by atoms with E-state index < -0.39 is 21.3 Å². The third kappa shape index (κ3) is 3.61. The fourth-order valence-corrected chi connectivity index (χ4v) is 4.70. The van der Waals surface area contributed by atoms with Gasteiger partial charge in [0, 0.05) is 24.3 Å². The molecule has 5 nitrogen and oxygen atoms in total. The molecule has 7 heteroatoms. The number of amides is 1. The molecule has 1 fully saturated rings. The molecule has 0 aromatic carbocycles. The van der Waals surface area contributed by atoms with Gasteiger partial charge in [-0.15, -0.1) is 0 Å². The predicted octanol–water partition coefficient (Wildman–Crippen LogP) is 0.306. The van der Waals surface area contributed by atoms with Crippen LogP contribution in [0.2, 0.25) is 0 Å². The summed E-state index contributed by atoms with van der Waals surface area (Å²) >= 11 is 1.56. The maximum Gasteiger partial charge on any atom is 0.240 e. The van der Waals surface area contributed by atoms with Crippen molar-refractivity contribution in [2.75, 3.05) is 24.3 Å². The Morgan fingerprint density at radius 1 is 1.56 bits per heavy atom. The fourth-order valence-electron chi connectivity index (χ4n) is 1.88. The van der Waals surface area contributed by atoms with E-state index in [1.165, 1.54) is 11.2 Å². The van der Waals surface area contributed by atoms with Crippen LogP contribution in [0.15, 0.2) is 0 Å². The predicted molar refractivity (Wildman–Crippen MR) is 75.1 cm³/mol. The monoisotopic (exact) mass is 294 g/mol. The van der Waals surface area contributed by atoms with Gasteiger partial charge in [0.25, 0.3) is 0 Å². The molecule has 0 aliphatic carbocycles. The molecule has 1 aliphatic rings. The van der Waals surface area contributed by atoms with E-state index in [2.05, 4.69) is 0 Å². The fraction of sp³-hybridized carbons (Fsp3) is 0.909. The Hall–Kier alpha value is -0.270. The highest BCUT2D eigenvalue weighted by atomic mass is 32.2. The lowest BCUT2D eigenvalue weighted by Crippen LogP contribution is -2.56. The number of carbonyl (C=O) groups is 1. The van der Waals surface area contributed by atoms with E-state index in [1.54, 1.807) is 11.8 Å². The SMILES string of the molecule is CCC(C)[C@H](N)C(=O)N1CCSCC1S(C)(=O)=O. The Morgan fingerprint density at radius 2 is 2.17 bits per heavy atom. The Bertz CT molecular complexity index is 397. The number of sulfone groups is 1. The van der Waals surface area contributed by atoms with Gasteiger partial charge in [0.05, 0.1) is 6.04 Å². The van der Waals surface area contributed by atoms with Crippen LogP contribution in [0, 0.1) is 5.92 Å². The minimum absolute atomic E-state index is 0.0623. The van der Waals surface area contributed by atoms with Crippen LogP contribution in [-0.4, -0.2) is 54.9 Å². The highest BCUT2D eigenvalue weighted by Crippen LogP contribution is 2.22. The van der Waals surface area contributed by atoms with E-state index in [4.69, 9.17) is 5.73 Å². The minimum atomic E-state index is -3.26. The van der Waals surface area contributed by atoms with Crippen LogP contribution in [-0.2, 0) is 14.6 Å². The molecule has 1 aliphatic heterocycles. The van der Waals surface area contributed by atoms with Crippen molar-refractivity contribution in [2.24, 2.45) is 11.7 Å². The van der Waals surface area contributed by atoms with Crippen molar-refractivity contribution >= 4 is 27.5 Å². The molecule has 2 N–H and O–H groups in total. The van der Waals surface area contributed by atoms with Crippen LogP contribution < -0.4 is 5.73 Å². The first-order valence-corrected chi connectivity index (χ1v) is 9.22. The Kier molecular flexibility index (Phi) is 5.48. The molecular formula is C11H22N2O3S2. The Morgan fingerprint density at radius 3 is 2.67 bits per heavy atom. The van der Waals surface area contributed by atoms with Crippen molar-refractivity contribution in [3.05, 3.63) is 0 Å². The molecule has 1 heterocycles. The van der Waals surface area contributed by atoms with Crippen LogP contribution in [0.3, 0.4) is 0 Å². The molecule has 0 saturated carbocycles. The van der Waals surface area contributed by atoms with Gasteiger partial charge in [0.1, 0.15) is 5.37 Å². The maximum absolute atomic E-state index is 12.3. The second-order valence-electron chi connectivity index (χ2n) is 4.80. The van der Waals surface area contributed by atoms with Crippen LogP contribution in [0.4, 0.5) is 0 Å². The minimum Gasteiger partial charge on any atom is -0.323 e. The molecule has 1 amide bonds. The first-order valence-electron chi connectivity index (χ1n) is 6.11. The number of thioether (sulfide) groups is 1. The lowest BCUT2D eigenvalue weighted by Gasteiger charge is -2.36. The van der Waals surface area contributed by atoms with Crippen LogP contribution >= 0.6 is 11.8 Å². The van der Waals surface area contributed by atoms with Gasteiger partial charge >= 0.3 is 0 Å². The Balaban J connectivity index is 2.87. The number of nitrogens with zero attached hydrogens (tertiary/aromatic N) is 1. The van der Waals surface area contributed by atoms with Gasteiger partial charge in [-0.25, -0.2) is 8.42 Å². The zero-order valence-corrected chi connectivity index (χ0v) is 12.8. The van der Waals surface area contributed by atoms with Gasteiger partial charge in [-0.3, -0.25) is 4.79 Å². The van der Waals surface area contributed by atoms with Gasteiger partial charge in [0.15, 0.2) is 9.84 Å². The van der Waals surface area contributed by atoms with E-state index in [1.807, 2.05) is 13.8 Å². The number of hydrogen-bond donors (Lipinski definition) is 1. The first-order chi connectivity index (χ1) is 8.29. The van der Waals surface area contributed by atoms with E-state index in [9.17, 15) is 13.2 Å². The molecular weight excluding hydrogens is 272 g/mol. The summed E-state index contributed by atoms with van der Waals surface area (Å²) in [6.07, 6.45) is 1.98. The zero-order valence-electron chi connectivity index (χ0n) is 11.1. The van der Waals surface area contributed by atoms with Crippen molar-refractivity contribution < 1.29 is 13.2 Å². The third-order valence-electron chi connectivity index (χ3n) is 3.40. The van der Waals surface area contributed by atoms with Crippen molar-refractivity contribution in [3.8, 4) is 0 Å². The first kappa shape index (κ1) is 15.8. The van der Waals surface area contributed by atoms with Crippen molar-refractivity contribution in [3.63, 3.8) is 0 Å². The summed E-state index contributed by atoms with van der Waals surface area (Å²) in [6, 6.07) is -0.609. The van der Waals surface area contributed by atoms with E-state index in [0.717, 1.165) is 12.2 Å². The molecule has 0 spiro atoms. The smallest absolute Gasteiger partial charge is 0.240 e. The van der Waals surface area contributed by atoms with Crippen molar-refractivity contribution in [1.29, 1.82) is 0 Å². The number of rotatable bonds is 4. The van der Waals surface area contributed by atoms with Crippen molar-refractivity contribution in [2.45, 2.75) is 31.7 Å². The van der Waals surface area contributed by atoms with Gasteiger partial charge < -0.3 is 10.6 Å². The summed E-state index contributed by atoms with van der Waals surface area (Å²) in [5.74, 6) is 1.04. The van der Waals surface area contributed by atoms with Crippen molar-refractivity contribution in [1.82, 2.24) is 4.90 Å². The average Bonchev–Trinajstić information content (AvgIpc) is 2.35. The summed E-state index contributed by atoms with van der Waals surface area (Å²) in [6.45, 7) is 4.35. The molecule has 1 rings (SSSR count). The molecule has 18 heavy (non-hydrogen) atoms. The number of nitrogens with two attached hydrogens (primary N) is 1. The van der Waals surface area contributed by atoms with Crippen LogP contribution in [0.25, 0.3) is 0 Å². The van der Waals surface area contributed by atoms with Gasteiger partial charge in [-0.05, 0) is 5.92 Å². The van der Waals surface area contributed by atoms with Crippen LogP contribution in [0.5, 0.6) is 0 Å². The summed E-state index contributed by atoms with van der Waals surface area (Å²) in [7, 11) is -3.26. The molecule has 3 atom stereocenters. The molecule has 2 unspecified atom stereocenters. The molecule has 0 radical (unpaired) electrons. The van der Waals surface area contributed by atoms with Crippen LogP contribution in [0.1, 0.15) is 20.3 Å². The molecule has 0 aromatic rings. The normalized spacial score (nSPS) is 24.7. The second-order valence-corrected chi connectivity index (χ2v) is 8.16. The summed E-state index contributed by atoms with van der Waals surface area (Å²) in [5.41, 5.74) is 5.91.